The van der Waals surface area contributed by atoms with Crippen LogP contribution in [-0.2, 0) is 11.2 Å². The number of benzene rings is 2. The van der Waals surface area contributed by atoms with Crippen molar-refractivity contribution in [1.29, 1.82) is 0 Å². The molecule has 0 saturated carbocycles. The minimum Gasteiger partial charge on any atom is -0.370 e. The molecule has 4 rings (SSSR count). The van der Waals surface area contributed by atoms with Crippen molar-refractivity contribution in [3.8, 4) is 0 Å². The molecule has 6 heteroatoms. The number of aryl methyl sites for hydroxylation is 3. The molecular weight excluding hydrogens is 374 g/mol. The number of para-hydroxylation sites is 2. The van der Waals surface area contributed by atoms with Crippen molar-refractivity contribution in [3.63, 3.8) is 0 Å². The van der Waals surface area contributed by atoms with Gasteiger partial charge in [-0.3, -0.25) is 4.99 Å². The van der Waals surface area contributed by atoms with Gasteiger partial charge in [0.05, 0.1) is 24.2 Å². The van der Waals surface area contributed by atoms with E-state index in [1.54, 1.807) is 0 Å². The van der Waals surface area contributed by atoms with Crippen molar-refractivity contribution < 1.29 is 4.74 Å². The maximum absolute atomic E-state index is 6.09. The molecule has 1 unspecified atom stereocenters. The number of imidazole rings is 1. The number of ether oxygens (including phenoxy) is 1. The summed E-state index contributed by atoms with van der Waals surface area (Å²) in [6, 6.07) is 14.7. The van der Waals surface area contributed by atoms with Gasteiger partial charge in [0.1, 0.15) is 11.9 Å². The number of fused-ring (bicyclic) bond motifs is 1. The van der Waals surface area contributed by atoms with Crippen LogP contribution in [0, 0.1) is 13.8 Å². The fraction of sp³-hybridized carbons (Fsp3) is 0.417. The highest BCUT2D eigenvalue weighted by atomic mass is 16.5. The molecule has 3 aromatic rings. The molecule has 0 aliphatic carbocycles. The largest absolute Gasteiger partial charge is 0.370 e. The molecule has 0 bridgehead atoms. The van der Waals surface area contributed by atoms with E-state index in [1.165, 1.54) is 16.7 Å². The second kappa shape index (κ2) is 9.30. The number of guanidine groups is 1. The number of aliphatic imine (C=N–C) groups is 1. The van der Waals surface area contributed by atoms with Crippen LogP contribution >= 0.6 is 0 Å². The van der Waals surface area contributed by atoms with E-state index in [4.69, 9.17) is 4.74 Å². The van der Waals surface area contributed by atoms with E-state index < -0.39 is 0 Å². The fourth-order valence-electron chi connectivity index (χ4n) is 4.13. The molecule has 0 radical (unpaired) electrons. The van der Waals surface area contributed by atoms with Gasteiger partial charge in [0.2, 0.25) is 0 Å². The zero-order valence-electron chi connectivity index (χ0n) is 18.1. The molecule has 1 aliphatic heterocycles. The second-order valence-electron chi connectivity index (χ2n) is 7.94. The molecule has 0 amide bonds. The van der Waals surface area contributed by atoms with Crippen LogP contribution in [0.5, 0.6) is 0 Å². The van der Waals surface area contributed by atoms with Crippen LogP contribution in [0.2, 0.25) is 0 Å². The number of rotatable bonds is 5. The zero-order chi connectivity index (χ0) is 20.9. The summed E-state index contributed by atoms with van der Waals surface area (Å²) in [7, 11) is 1.85. The minimum atomic E-state index is 0.0773. The van der Waals surface area contributed by atoms with Crippen LogP contribution in [0.15, 0.2) is 47.5 Å². The van der Waals surface area contributed by atoms with Gasteiger partial charge >= 0.3 is 0 Å². The first kappa shape index (κ1) is 20.4. The summed E-state index contributed by atoms with van der Waals surface area (Å²) < 4.78 is 6.09. The summed E-state index contributed by atoms with van der Waals surface area (Å²) >= 11 is 0. The Balaban J connectivity index is 1.31. The highest BCUT2D eigenvalue weighted by molar-refractivity contribution is 5.80. The van der Waals surface area contributed by atoms with Crippen LogP contribution < -0.4 is 5.32 Å². The topological polar surface area (TPSA) is 65.5 Å². The standard InChI is InChI=1S/C24H31N5O/c1-17-10-11-19(18(2)15-17)22-16-29(13-14-30-22)24(25-3)26-12-6-9-23-27-20-7-4-5-8-21(20)28-23/h4-5,7-8,10-11,15,22H,6,9,12-14,16H2,1-3H3,(H,25,26)(H,27,28). The lowest BCUT2D eigenvalue weighted by Crippen LogP contribution is -2.48. The first-order chi connectivity index (χ1) is 14.6. The van der Waals surface area contributed by atoms with Crippen LogP contribution in [0.25, 0.3) is 11.0 Å². The SMILES string of the molecule is CN=C(NCCCc1nc2ccccc2[nH]1)N1CCOC(c2ccc(C)cc2C)C1. The van der Waals surface area contributed by atoms with Crippen molar-refractivity contribution >= 4 is 17.0 Å². The molecule has 2 heterocycles. The van der Waals surface area contributed by atoms with Gasteiger partial charge in [0.25, 0.3) is 0 Å². The van der Waals surface area contributed by atoms with E-state index in [2.05, 4.69) is 63.3 Å². The fourth-order valence-corrected chi connectivity index (χ4v) is 4.13. The summed E-state index contributed by atoms with van der Waals surface area (Å²) in [4.78, 5) is 14.9. The van der Waals surface area contributed by atoms with Crippen LogP contribution in [0.4, 0.5) is 0 Å². The summed E-state index contributed by atoms with van der Waals surface area (Å²) in [5.74, 6) is 1.98. The van der Waals surface area contributed by atoms with E-state index in [0.29, 0.717) is 6.61 Å². The number of nitrogens with zero attached hydrogens (tertiary/aromatic N) is 3. The maximum atomic E-state index is 6.09. The monoisotopic (exact) mass is 405 g/mol. The van der Waals surface area contributed by atoms with Crippen molar-refractivity contribution in [2.45, 2.75) is 32.8 Å². The van der Waals surface area contributed by atoms with Crippen molar-refractivity contribution in [2.75, 3.05) is 33.3 Å². The number of nitrogens with one attached hydrogen (secondary N) is 2. The van der Waals surface area contributed by atoms with Crippen molar-refractivity contribution in [1.82, 2.24) is 20.2 Å². The van der Waals surface area contributed by atoms with Gasteiger partial charge in [-0.1, -0.05) is 35.9 Å². The lowest BCUT2D eigenvalue weighted by molar-refractivity contribution is -0.00831. The Morgan fingerprint density at radius 2 is 2.13 bits per heavy atom. The predicted octanol–water partition coefficient (Wildman–Crippen LogP) is 3.76. The number of aromatic nitrogens is 2. The van der Waals surface area contributed by atoms with Gasteiger partial charge in [-0.2, -0.15) is 0 Å². The normalized spacial score (nSPS) is 17.5. The van der Waals surface area contributed by atoms with E-state index in [0.717, 1.165) is 55.3 Å². The predicted molar refractivity (Wildman–Crippen MR) is 122 cm³/mol. The van der Waals surface area contributed by atoms with Crippen molar-refractivity contribution in [3.05, 3.63) is 65.0 Å². The van der Waals surface area contributed by atoms with Crippen molar-refractivity contribution in [2.24, 2.45) is 4.99 Å². The van der Waals surface area contributed by atoms with Gasteiger partial charge in [-0.05, 0) is 43.5 Å². The third kappa shape index (κ3) is 4.65. The van der Waals surface area contributed by atoms with E-state index in [9.17, 15) is 0 Å². The summed E-state index contributed by atoms with van der Waals surface area (Å²) in [5.41, 5.74) is 5.97. The molecule has 1 aromatic heterocycles. The molecule has 6 nitrogen and oxygen atoms in total. The van der Waals surface area contributed by atoms with E-state index >= 15 is 0 Å². The quantitative estimate of drug-likeness (QED) is 0.385. The van der Waals surface area contributed by atoms with Gasteiger partial charge < -0.3 is 19.9 Å². The number of H-pyrrole nitrogens is 1. The minimum absolute atomic E-state index is 0.0773. The number of hydrogen-bond acceptors (Lipinski definition) is 3. The van der Waals surface area contributed by atoms with E-state index in [1.807, 2.05) is 25.2 Å². The Kier molecular flexibility index (Phi) is 6.33. The number of morpholine rings is 1. The molecule has 1 fully saturated rings. The summed E-state index contributed by atoms with van der Waals surface area (Å²) in [5, 5.41) is 3.52. The molecular formula is C24H31N5O. The third-order valence-electron chi connectivity index (χ3n) is 5.66. The molecule has 1 atom stereocenters. The maximum Gasteiger partial charge on any atom is 0.193 e. The van der Waals surface area contributed by atoms with Gasteiger partial charge in [0, 0.05) is 26.6 Å². The first-order valence-corrected chi connectivity index (χ1v) is 10.7. The van der Waals surface area contributed by atoms with Crippen LogP contribution in [0.3, 0.4) is 0 Å². The van der Waals surface area contributed by atoms with E-state index in [-0.39, 0.29) is 6.10 Å². The summed E-state index contributed by atoms with van der Waals surface area (Å²) in [6.45, 7) is 7.52. The smallest absolute Gasteiger partial charge is 0.193 e. The highest BCUT2D eigenvalue weighted by Gasteiger charge is 2.25. The van der Waals surface area contributed by atoms with Gasteiger partial charge in [-0.25, -0.2) is 4.98 Å². The highest BCUT2D eigenvalue weighted by Crippen LogP contribution is 2.25. The first-order valence-electron chi connectivity index (χ1n) is 10.7. The average Bonchev–Trinajstić information content (AvgIpc) is 3.17. The molecule has 30 heavy (non-hydrogen) atoms. The summed E-state index contributed by atoms with van der Waals surface area (Å²) in [6.07, 6.45) is 1.98. The number of aromatic amines is 1. The Morgan fingerprint density at radius 3 is 2.93 bits per heavy atom. The second-order valence-corrected chi connectivity index (χ2v) is 7.94. The third-order valence-corrected chi connectivity index (χ3v) is 5.66. The Hall–Kier alpha value is -2.86. The number of hydrogen-bond donors (Lipinski definition) is 2. The lowest BCUT2D eigenvalue weighted by Gasteiger charge is -2.35. The Morgan fingerprint density at radius 1 is 1.27 bits per heavy atom. The van der Waals surface area contributed by atoms with Crippen LogP contribution in [0.1, 0.15) is 35.0 Å². The Bertz CT molecular complexity index is 992. The van der Waals surface area contributed by atoms with Gasteiger partial charge in [-0.15, -0.1) is 0 Å². The average molecular weight is 406 g/mol. The molecule has 158 valence electrons. The molecule has 0 spiro atoms. The Labute approximate surface area is 178 Å². The molecule has 1 saturated heterocycles. The molecule has 2 N–H and O–H groups in total. The van der Waals surface area contributed by atoms with Crippen LogP contribution in [-0.4, -0.2) is 54.1 Å². The molecule has 2 aromatic carbocycles. The lowest BCUT2D eigenvalue weighted by atomic mass is 10.00. The van der Waals surface area contributed by atoms with Gasteiger partial charge in [0.15, 0.2) is 5.96 Å². The zero-order valence-corrected chi connectivity index (χ0v) is 18.1. The molecule has 1 aliphatic rings.